The molecule has 0 spiro atoms. The number of carboxylic acid groups (broad SMARTS) is 1. The van der Waals surface area contributed by atoms with E-state index in [9.17, 15) is 13.4 Å². The van der Waals surface area contributed by atoms with Crippen LogP contribution in [0.3, 0.4) is 0 Å². The van der Waals surface area contributed by atoms with Gasteiger partial charge in [-0.25, -0.2) is 13.4 Å². The summed E-state index contributed by atoms with van der Waals surface area (Å²) in [5, 5.41) is 8.75. The van der Waals surface area contributed by atoms with Crippen LogP contribution < -0.4 is 0 Å². The Labute approximate surface area is 99.7 Å². The quantitative estimate of drug-likeness (QED) is 0.903. The van der Waals surface area contributed by atoms with Crippen LogP contribution in [0.1, 0.15) is 24.2 Å². The second-order valence-corrected chi connectivity index (χ2v) is 6.29. The van der Waals surface area contributed by atoms with Crippen LogP contribution in [0.25, 0.3) is 0 Å². The van der Waals surface area contributed by atoms with Crippen LogP contribution in [0.5, 0.6) is 0 Å². The molecule has 0 saturated heterocycles. The molecule has 1 aromatic rings. The lowest BCUT2D eigenvalue weighted by Crippen LogP contribution is -2.05. The van der Waals surface area contributed by atoms with E-state index in [0.717, 1.165) is 12.1 Å². The molecular weight excluding hydrogens is 245 g/mol. The van der Waals surface area contributed by atoms with Gasteiger partial charge in [0, 0.05) is 11.5 Å². The molecule has 0 heterocycles. The van der Waals surface area contributed by atoms with Crippen molar-refractivity contribution in [1.82, 2.24) is 0 Å². The highest BCUT2D eigenvalue weighted by Gasteiger charge is 2.11. The zero-order valence-corrected chi connectivity index (χ0v) is 10.5. The number of hydrogen-bond acceptors (Lipinski definition) is 3. The maximum atomic E-state index is 13.1. The molecule has 1 aromatic carbocycles. The van der Waals surface area contributed by atoms with E-state index in [4.69, 9.17) is 5.11 Å². The largest absolute Gasteiger partial charge is 0.478 e. The van der Waals surface area contributed by atoms with Gasteiger partial charge in [-0.2, -0.15) is 4.36 Å². The van der Waals surface area contributed by atoms with Crippen LogP contribution in [0.2, 0.25) is 0 Å². The van der Waals surface area contributed by atoms with E-state index in [1.165, 1.54) is 6.07 Å². The maximum Gasteiger partial charge on any atom is 0.338 e. The Bertz CT molecular complexity index is 538. The Balaban J connectivity index is 3.31. The first-order valence-corrected chi connectivity index (χ1v) is 7.02. The fraction of sp³-hybridized carbons (Fsp3) is 0.364. The molecule has 0 fully saturated rings. The van der Waals surface area contributed by atoms with Crippen LogP contribution in [0.4, 0.5) is 10.1 Å². The summed E-state index contributed by atoms with van der Waals surface area (Å²) in [7, 11) is -2.36. The number of hydrogen-bond donors (Lipinski definition) is 1. The molecule has 0 radical (unpaired) electrons. The van der Waals surface area contributed by atoms with Gasteiger partial charge in [0.05, 0.1) is 21.0 Å². The number of carbonyl (C=O) groups is 1. The summed E-state index contributed by atoms with van der Waals surface area (Å²) in [6.45, 7) is 3.49. The van der Waals surface area contributed by atoms with Crippen LogP contribution in [-0.4, -0.2) is 26.8 Å². The van der Waals surface area contributed by atoms with Gasteiger partial charge in [-0.05, 0) is 18.2 Å². The van der Waals surface area contributed by atoms with Crippen molar-refractivity contribution in [3.05, 3.63) is 29.6 Å². The summed E-state index contributed by atoms with van der Waals surface area (Å²) in [6.07, 6.45) is 0. The van der Waals surface area contributed by atoms with E-state index < -0.39 is 27.1 Å². The van der Waals surface area contributed by atoms with E-state index in [0.29, 0.717) is 11.5 Å². The van der Waals surface area contributed by atoms with Crippen LogP contribution >= 0.6 is 0 Å². The van der Waals surface area contributed by atoms with E-state index in [1.807, 2.05) is 0 Å². The monoisotopic (exact) mass is 259 g/mol. The van der Waals surface area contributed by atoms with Crippen molar-refractivity contribution in [3.8, 4) is 0 Å². The van der Waals surface area contributed by atoms with E-state index >= 15 is 0 Å². The first kappa shape index (κ1) is 13.6. The lowest BCUT2D eigenvalue weighted by molar-refractivity contribution is 0.0692. The van der Waals surface area contributed by atoms with Gasteiger partial charge in [0.15, 0.2) is 0 Å². The lowest BCUT2D eigenvalue weighted by Gasteiger charge is -2.05. The van der Waals surface area contributed by atoms with Crippen molar-refractivity contribution in [2.75, 3.05) is 11.5 Å². The van der Waals surface area contributed by atoms with Crippen molar-refractivity contribution in [1.29, 1.82) is 0 Å². The van der Waals surface area contributed by atoms with Gasteiger partial charge in [0.2, 0.25) is 0 Å². The minimum Gasteiger partial charge on any atom is -0.478 e. The second-order valence-electron chi connectivity index (χ2n) is 3.41. The number of halogens is 1. The molecule has 0 unspecified atom stereocenters. The first-order chi connectivity index (χ1) is 7.91. The minimum atomic E-state index is -2.36. The summed E-state index contributed by atoms with van der Waals surface area (Å²) in [5.41, 5.74) is -0.224. The number of benzene rings is 1. The lowest BCUT2D eigenvalue weighted by atomic mass is 10.2. The average molecular weight is 259 g/mol. The fourth-order valence-corrected chi connectivity index (χ4v) is 2.42. The Morgan fingerprint density at radius 1 is 1.41 bits per heavy atom. The molecule has 0 aliphatic heterocycles. The molecule has 0 atom stereocenters. The van der Waals surface area contributed by atoms with Crippen molar-refractivity contribution in [2.24, 2.45) is 4.36 Å². The van der Waals surface area contributed by atoms with E-state index in [-0.39, 0.29) is 5.69 Å². The summed E-state index contributed by atoms with van der Waals surface area (Å²) in [5.74, 6) is -1.43. The van der Waals surface area contributed by atoms with Gasteiger partial charge in [-0.15, -0.1) is 0 Å². The SMILES string of the molecule is CCS(=O)(CC)=Nc1ccc(F)c(C(=O)O)c1. The smallest absolute Gasteiger partial charge is 0.338 e. The van der Waals surface area contributed by atoms with Crippen molar-refractivity contribution < 1.29 is 18.5 Å². The van der Waals surface area contributed by atoms with Crippen LogP contribution in [0.15, 0.2) is 22.6 Å². The second kappa shape index (κ2) is 5.27. The minimum absolute atomic E-state index is 0.234. The third kappa shape index (κ3) is 3.26. The molecular formula is C11H14FNO3S. The van der Waals surface area contributed by atoms with Gasteiger partial charge in [0.25, 0.3) is 0 Å². The summed E-state index contributed by atoms with van der Waals surface area (Å²) >= 11 is 0. The number of aromatic carboxylic acids is 1. The van der Waals surface area contributed by atoms with Crippen molar-refractivity contribution in [2.45, 2.75) is 13.8 Å². The van der Waals surface area contributed by atoms with E-state index in [2.05, 4.69) is 4.36 Å². The molecule has 1 rings (SSSR count). The Kier molecular flexibility index (Phi) is 4.22. The number of nitrogens with zero attached hydrogens (tertiary/aromatic N) is 1. The Morgan fingerprint density at radius 2 is 2.00 bits per heavy atom. The molecule has 17 heavy (non-hydrogen) atoms. The van der Waals surface area contributed by atoms with Gasteiger partial charge in [-0.1, -0.05) is 13.8 Å². The Hall–Kier alpha value is -1.43. The average Bonchev–Trinajstić information content (AvgIpc) is 2.31. The molecule has 0 amide bonds. The van der Waals surface area contributed by atoms with Gasteiger partial charge >= 0.3 is 5.97 Å². The topological polar surface area (TPSA) is 66.7 Å². The normalized spacial score (nSPS) is 11.2. The molecule has 0 saturated carbocycles. The molecule has 0 aromatic heterocycles. The van der Waals surface area contributed by atoms with Crippen LogP contribution in [-0.2, 0) is 9.73 Å². The molecule has 0 aliphatic carbocycles. The fourth-order valence-electron chi connectivity index (χ4n) is 1.26. The predicted molar refractivity (Wildman–Crippen MR) is 64.7 cm³/mol. The highest BCUT2D eigenvalue weighted by molar-refractivity contribution is 7.93. The van der Waals surface area contributed by atoms with Crippen molar-refractivity contribution in [3.63, 3.8) is 0 Å². The number of rotatable bonds is 4. The molecule has 0 bridgehead atoms. The van der Waals surface area contributed by atoms with Gasteiger partial charge in [-0.3, -0.25) is 0 Å². The molecule has 6 heteroatoms. The van der Waals surface area contributed by atoms with Crippen LogP contribution in [0, 0.1) is 5.82 Å². The molecule has 94 valence electrons. The summed E-state index contributed by atoms with van der Waals surface area (Å²) < 4.78 is 29.2. The standard InChI is InChI=1S/C11H14FNO3S/c1-3-17(16,4-2)13-8-5-6-10(12)9(7-8)11(14)15/h5-7H,3-4H2,1-2H3,(H,14,15). The maximum absolute atomic E-state index is 13.1. The summed E-state index contributed by atoms with van der Waals surface area (Å²) in [6, 6.07) is 3.45. The zero-order valence-electron chi connectivity index (χ0n) is 9.64. The van der Waals surface area contributed by atoms with Crippen molar-refractivity contribution >= 4 is 21.4 Å². The third-order valence-electron chi connectivity index (χ3n) is 2.35. The predicted octanol–water partition coefficient (Wildman–Crippen LogP) is 2.66. The molecule has 4 nitrogen and oxygen atoms in total. The first-order valence-electron chi connectivity index (χ1n) is 5.17. The number of carboxylic acids is 1. The third-order valence-corrected chi connectivity index (χ3v) is 4.70. The Morgan fingerprint density at radius 3 is 2.47 bits per heavy atom. The highest BCUT2D eigenvalue weighted by Crippen LogP contribution is 2.19. The van der Waals surface area contributed by atoms with E-state index in [1.54, 1.807) is 13.8 Å². The molecule has 0 aliphatic rings. The molecule has 1 N–H and O–H groups in total. The summed E-state index contributed by atoms with van der Waals surface area (Å²) in [4.78, 5) is 10.7. The van der Waals surface area contributed by atoms with Gasteiger partial charge < -0.3 is 5.11 Å². The highest BCUT2D eigenvalue weighted by atomic mass is 32.2. The van der Waals surface area contributed by atoms with Gasteiger partial charge in [0.1, 0.15) is 5.82 Å². The zero-order chi connectivity index (χ0) is 13.1.